The molecule has 2 aliphatic rings. The van der Waals surface area contributed by atoms with Crippen molar-refractivity contribution in [2.45, 2.75) is 31.7 Å². The van der Waals surface area contributed by atoms with E-state index in [4.69, 9.17) is 0 Å². The van der Waals surface area contributed by atoms with Crippen LogP contribution in [0.3, 0.4) is 0 Å². The molecule has 3 heterocycles. The van der Waals surface area contributed by atoms with Gasteiger partial charge in [-0.3, -0.25) is 9.69 Å². The summed E-state index contributed by atoms with van der Waals surface area (Å²) in [6.07, 6.45) is 3.25. The quantitative estimate of drug-likeness (QED) is 0.732. The Labute approximate surface area is 163 Å². The second kappa shape index (κ2) is 9.12. The van der Waals surface area contributed by atoms with E-state index in [2.05, 4.69) is 36.5 Å². The van der Waals surface area contributed by atoms with E-state index < -0.39 is 0 Å². The lowest BCUT2D eigenvalue weighted by Crippen LogP contribution is -2.45. The van der Waals surface area contributed by atoms with Gasteiger partial charge in [-0.25, -0.2) is 0 Å². The van der Waals surface area contributed by atoms with Gasteiger partial charge in [0.05, 0.1) is 13.1 Å². The maximum Gasteiger partial charge on any atom is 0.236 e. The number of rotatable bonds is 5. The fourth-order valence-electron chi connectivity index (χ4n) is 4.12. The highest BCUT2D eigenvalue weighted by Gasteiger charge is 2.29. The predicted octanol–water partition coefficient (Wildman–Crippen LogP) is 0.220. The van der Waals surface area contributed by atoms with E-state index in [1.54, 1.807) is 0 Å². The van der Waals surface area contributed by atoms with Crippen LogP contribution in [0.1, 0.15) is 36.8 Å². The summed E-state index contributed by atoms with van der Waals surface area (Å²) in [7, 11) is 8.28. The SMILES string of the molecule is CN(C)Cc1nnc(C2CCCN(C(=O)CN3CCCN(C)CC3)C2)n1C. The molecule has 152 valence electrons. The van der Waals surface area contributed by atoms with E-state index in [1.165, 1.54) is 0 Å². The van der Waals surface area contributed by atoms with Crippen LogP contribution < -0.4 is 0 Å². The van der Waals surface area contributed by atoms with Gasteiger partial charge in [0.15, 0.2) is 0 Å². The molecule has 2 fully saturated rings. The average Bonchev–Trinajstić information content (AvgIpc) is 2.86. The minimum absolute atomic E-state index is 0.264. The van der Waals surface area contributed by atoms with Gasteiger partial charge in [0.2, 0.25) is 5.91 Å². The molecule has 1 aromatic heterocycles. The van der Waals surface area contributed by atoms with Crippen molar-refractivity contribution in [3.63, 3.8) is 0 Å². The van der Waals surface area contributed by atoms with Crippen LogP contribution >= 0.6 is 0 Å². The van der Waals surface area contributed by atoms with E-state index in [0.717, 1.165) is 76.7 Å². The first-order valence-corrected chi connectivity index (χ1v) is 10.2. The van der Waals surface area contributed by atoms with E-state index in [1.807, 2.05) is 26.0 Å². The van der Waals surface area contributed by atoms with Crippen LogP contribution in [-0.4, -0.2) is 107 Å². The highest BCUT2D eigenvalue weighted by atomic mass is 16.2. The van der Waals surface area contributed by atoms with Gasteiger partial charge in [0, 0.05) is 39.1 Å². The van der Waals surface area contributed by atoms with Crippen molar-refractivity contribution in [2.24, 2.45) is 7.05 Å². The Balaban J connectivity index is 1.59. The normalized spacial score (nSPS) is 23.0. The summed E-state index contributed by atoms with van der Waals surface area (Å²) in [5.74, 6) is 2.54. The van der Waals surface area contributed by atoms with Gasteiger partial charge in [0.25, 0.3) is 0 Å². The molecule has 1 unspecified atom stereocenters. The maximum absolute atomic E-state index is 12.9. The molecule has 1 aromatic rings. The molecule has 2 saturated heterocycles. The molecule has 0 aliphatic carbocycles. The van der Waals surface area contributed by atoms with Gasteiger partial charge in [-0.1, -0.05) is 0 Å². The van der Waals surface area contributed by atoms with Crippen molar-refractivity contribution in [2.75, 3.05) is 67.0 Å². The predicted molar refractivity (Wildman–Crippen MR) is 106 cm³/mol. The molecule has 0 aromatic carbocycles. The van der Waals surface area contributed by atoms with Crippen molar-refractivity contribution in [3.05, 3.63) is 11.6 Å². The van der Waals surface area contributed by atoms with Crippen molar-refractivity contribution >= 4 is 5.91 Å². The van der Waals surface area contributed by atoms with Crippen LogP contribution in [0.4, 0.5) is 0 Å². The van der Waals surface area contributed by atoms with Gasteiger partial charge in [-0.05, 0) is 53.5 Å². The number of hydrogen-bond acceptors (Lipinski definition) is 6. The van der Waals surface area contributed by atoms with Gasteiger partial charge in [0.1, 0.15) is 11.6 Å². The van der Waals surface area contributed by atoms with Gasteiger partial charge < -0.3 is 19.3 Å². The Morgan fingerprint density at radius 3 is 2.67 bits per heavy atom. The van der Waals surface area contributed by atoms with Crippen LogP contribution in [0.15, 0.2) is 0 Å². The van der Waals surface area contributed by atoms with Gasteiger partial charge in [-0.2, -0.15) is 0 Å². The van der Waals surface area contributed by atoms with E-state index in [0.29, 0.717) is 6.54 Å². The number of piperidine rings is 1. The van der Waals surface area contributed by atoms with Crippen LogP contribution in [0, 0.1) is 0 Å². The zero-order valence-corrected chi connectivity index (χ0v) is 17.4. The molecule has 27 heavy (non-hydrogen) atoms. The number of carbonyl (C=O) groups is 1. The summed E-state index contributed by atoms with van der Waals surface area (Å²) in [6, 6.07) is 0. The minimum Gasteiger partial charge on any atom is -0.341 e. The van der Waals surface area contributed by atoms with Gasteiger partial charge >= 0.3 is 0 Å². The third-order valence-electron chi connectivity index (χ3n) is 5.77. The molecule has 8 nitrogen and oxygen atoms in total. The van der Waals surface area contributed by atoms with Crippen molar-refractivity contribution in [3.8, 4) is 0 Å². The molecule has 8 heteroatoms. The zero-order valence-electron chi connectivity index (χ0n) is 17.4. The number of nitrogens with zero attached hydrogens (tertiary/aromatic N) is 7. The summed E-state index contributed by atoms with van der Waals surface area (Å²) in [5, 5.41) is 8.82. The minimum atomic E-state index is 0.264. The molecule has 3 rings (SSSR count). The molecular formula is C19H35N7O. The lowest BCUT2D eigenvalue weighted by molar-refractivity contribution is -0.133. The van der Waals surface area contributed by atoms with E-state index in [9.17, 15) is 4.79 Å². The molecule has 2 aliphatic heterocycles. The van der Waals surface area contributed by atoms with Crippen LogP contribution in [0.25, 0.3) is 0 Å². The van der Waals surface area contributed by atoms with Crippen molar-refractivity contribution in [1.82, 2.24) is 34.4 Å². The second-order valence-electron chi connectivity index (χ2n) is 8.38. The Bertz CT molecular complexity index is 630. The second-order valence-corrected chi connectivity index (χ2v) is 8.38. The summed E-state index contributed by atoms with van der Waals surface area (Å²) < 4.78 is 2.11. The summed E-state index contributed by atoms with van der Waals surface area (Å²) in [4.78, 5) is 21.7. The Hall–Kier alpha value is -1.51. The average molecular weight is 378 g/mol. The largest absolute Gasteiger partial charge is 0.341 e. The molecule has 1 atom stereocenters. The lowest BCUT2D eigenvalue weighted by atomic mass is 9.97. The molecule has 0 N–H and O–H groups in total. The number of carbonyl (C=O) groups excluding carboxylic acids is 1. The Kier molecular flexibility index (Phi) is 6.83. The third-order valence-corrected chi connectivity index (χ3v) is 5.77. The third kappa shape index (κ3) is 5.27. The number of likely N-dealkylation sites (tertiary alicyclic amines) is 1. The number of likely N-dealkylation sites (N-methyl/N-ethyl adjacent to an activating group) is 1. The van der Waals surface area contributed by atoms with Crippen molar-refractivity contribution in [1.29, 1.82) is 0 Å². The molecule has 0 radical (unpaired) electrons. The van der Waals surface area contributed by atoms with E-state index >= 15 is 0 Å². The maximum atomic E-state index is 12.9. The number of hydrogen-bond donors (Lipinski definition) is 0. The first-order valence-electron chi connectivity index (χ1n) is 10.2. The van der Waals surface area contributed by atoms with Gasteiger partial charge in [-0.15, -0.1) is 10.2 Å². The Morgan fingerprint density at radius 2 is 1.89 bits per heavy atom. The standard InChI is InChI=1S/C19H35N7O/c1-22(2)14-17-20-21-19(24(17)4)16-7-5-10-26(13-16)18(27)15-25-9-6-8-23(3)11-12-25/h16H,5-15H2,1-4H3. The summed E-state index contributed by atoms with van der Waals surface area (Å²) >= 11 is 0. The monoisotopic (exact) mass is 377 g/mol. The fourth-order valence-corrected chi connectivity index (χ4v) is 4.12. The number of amides is 1. The number of aromatic nitrogens is 3. The van der Waals surface area contributed by atoms with Crippen LogP contribution in [0.5, 0.6) is 0 Å². The molecule has 1 amide bonds. The lowest BCUT2D eigenvalue weighted by Gasteiger charge is -2.33. The first-order chi connectivity index (χ1) is 12.9. The highest BCUT2D eigenvalue weighted by molar-refractivity contribution is 5.78. The molecular weight excluding hydrogens is 342 g/mol. The summed E-state index contributed by atoms with van der Waals surface area (Å²) in [5.41, 5.74) is 0. The molecule has 0 saturated carbocycles. The summed E-state index contributed by atoms with van der Waals surface area (Å²) in [6.45, 7) is 7.13. The Morgan fingerprint density at radius 1 is 1.07 bits per heavy atom. The smallest absolute Gasteiger partial charge is 0.236 e. The van der Waals surface area contributed by atoms with Crippen LogP contribution in [0.2, 0.25) is 0 Å². The topological polar surface area (TPSA) is 60.7 Å². The zero-order chi connectivity index (χ0) is 19.4. The molecule has 0 spiro atoms. The van der Waals surface area contributed by atoms with Crippen molar-refractivity contribution < 1.29 is 4.79 Å². The molecule has 0 bridgehead atoms. The highest BCUT2D eigenvalue weighted by Crippen LogP contribution is 2.26. The fraction of sp³-hybridized carbons (Fsp3) is 0.842. The van der Waals surface area contributed by atoms with E-state index in [-0.39, 0.29) is 11.8 Å². The first kappa shape index (κ1) is 20.2. The van der Waals surface area contributed by atoms with Crippen LogP contribution in [-0.2, 0) is 18.4 Å².